The lowest BCUT2D eigenvalue weighted by Crippen LogP contribution is -2.75. The second-order valence-electron chi connectivity index (χ2n) is 20.8. The highest BCUT2D eigenvalue weighted by Crippen LogP contribution is 2.52. The maximum Gasteiger partial charge on any atom is 0.252 e. The Morgan fingerprint density at radius 2 is 0.718 bits per heavy atom. The van der Waals surface area contributed by atoms with Crippen molar-refractivity contribution in [2.75, 3.05) is 14.7 Å². The van der Waals surface area contributed by atoms with Crippen molar-refractivity contribution in [3.05, 3.63) is 211 Å². The van der Waals surface area contributed by atoms with Gasteiger partial charge in [-0.15, -0.1) is 0 Å². The van der Waals surface area contributed by atoms with Crippen LogP contribution >= 0.6 is 11.8 Å². The highest BCUT2D eigenvalue weighted by molar-refractivity contribution is 8.00. The van der Waals surface area contributed by atoms with Gasteiger partial charge in [-0.25, -0.2) is 0 Å². The molecule has 0 unspecified atom stereocenters. The Kier molecular flexibility index (Phi) is 7.55. The van der Waals surface area contributed by atoms with E-state index in [1.165, 1.54) is 154 Å². The van der Waals surface area contributed by atoms with Gasteiger partial charge in [-0.2, -0.15) is 0 Å². The number of nitrogens with zero attached hydrogens (tertiary/aromatic N) is 3. The summed E-state index contributed by atoms with van der Waals surface area (Å²) >= 11 is 1.95. The van der Waals surface area contributed by atoms with Crippen LogP contribution in [-0.4, -0.2) is 26.9 Å². The van der Waals surface area contributed by atoms with E-state index in [4.69, 9.17) is 0 Å². The van der Waals surface area contributed by atoms with E-state index in [1.807, 2.05) is 11.8 Å². The lowest BCUT2D eigenvalue weighted by molar-refractivity contribution is 1.23. The van der Waals surface area contributed by atoms with Gasteiger partial charge in [-0.1, -0.05) is 196 Å². The maximum absolute atomic E-state index is 2.74. The summed E-state index contributed by atoms with van der Waals surface area (Å²) in [5.41, 5.74) is 35.0. The molecule has 8 heteroatoms. The number of aryl methyl sites for hydroxylation is 3. The number of benzene rings is 10. The van der Waals surface area contributed by atoms with E-state index in [0.29, 0.717) is 0 Å². The average Bonchev–Trinajstić information content (AvgIpc) is 3.41. The first-order valence-corrected chi connectivity index (χ1v) is 26.0. The number of hydrogen-bond donors (Lipinski definition) is 0. The summed E-state index contributed by atoms with van der Waals surface area (Å²) in [5.74, 6) is 0. The molecule has 17 rings (SSSR count). The van der Waals surface area contributed by atoms with E-state index < -0.39 is 0 Å². The quantitative estimate of drug-likeness (QED) is 0.172. The standard InChI is InChI=1S/C63H41B4N3S/c1-36-31-37(2)57(38(3)32-36)67-46-23-11-16-28-55(46)71-56-35-54-47(34-48(56)67)66-45-30-29-40(39-17-5-4-6-18-39)33-53(45)69-51-26-14-9-21-43(51)64-41-19-7-12-24-49(41)68-50-25-13-8-20-42(50)65-44-22-10-15-27-52(44)70(54)63-59(65)61(68)58(64)62(69)60(63)66/h4-35H,1-3H3. The van der Waals surface area contributed by atoms with Gasteiger partial charge < -0.3 is 14.7 Å². The monoisotopic (exact) mass is 915 g/mol. The Labute approximate surface area is 420 Å². The normalized spacial score (nSPS) is 14.7. The minimum Gasteiger partial charge on any atom is -0.312 e. The topological polar surface area (TPSA) is 9.72 Å². The fourth-order valence-electron chi connectivity index (χ4n) is 14.8. The highest BCUT2D eigenvalue weighted by Gasteiger charge is 2.57. The van der Waals surface area contributed by atoms with Crippen LogP contribution in [0.3, 0.4) is 0 Å². The molecular weight excluding hydrogens is 874 g/mol. The van der Waals surface area contributed by atoms with Crippen molar-refractivity contribution in [3.63, 3.8) is 0 Å². The number of anilines is 9. The Balaban J connectivity index is 1.06. The summed E-state index contributed by atoms with van der Waals surface area (Å²) in [5, 5.41) is 0. The minimum absolute atomic E-state index is 0.0307. The zero-order valence-electron chi connectivity index (χ0n) is 39.5. The van der Waals surface area contributed by atoms with Gasteiger partial charge in [-0.3, -0.25) is 0 Å². The molecule has 71 heavy (non-hydrogen) atoms. The van der Waals surface area contributed by atoms with Gasteiger partial charge in [0.05, 0.1) is 0 Å². The molecule has 0 spiro atoms. The number of para-hydroxylation sites is 4. The molecule has 0 saturated heterocycles. The van der Waals surface area contributed by atoms with E-state index in [-0.39, 0.29) is 26.9 Å². The molecule has 7 aliphatic heterocycles. The first-order chi connectivity index (χ1) is 35.0. The van der Waals surface area contributed by atoms with Gasteiger partial charge in [0.15, 0.2) is 0 Å². The molecule has 10 aromatic carbocycles. The molecule has 10 aromatic rings. The van der Waals surface area contributed by atoms with Crippen LogP contribution in [0.4, 0.5) is 51.2 Å². The smallest absolute Gasteiger partial charge is 0.252 e. The van der Waals surface area contributed by atoms with Crippen LogP contribution in [0.5, 0.6) is 0 Å². The molecule has 0 atom stereocenters. The van der Waals surface area contributed by atoms with Gasteiger partial charge >= 0.3 is 0 Å². The molecule has 7 aliphatic rings. The molecule has 0 aliphatic carbocycles. The maximum atomic E-state index is 2.74. The molecule has 0 N–H and O–H groups in total. The molecule has 0 bridgehead atoms. The predicted molar refractivity (Wildman–Crippen MR) is 306 cm³/mol. The summed E-state index contributed by atoms with van der Waals surface area (Å²) < 4.78 is 0. The molecule has 326 valence electrons. The van der Waals surface area contributed by atoms with Crippen LogP contribution in [-0.2, 0) is 0 Å². The predicted octanol–water partition coefficient (Wildman–Crippen LogP) is 7.10. The van der Waals surface area contributed by atoms with Crippen molar-refractivity contribution in [1.82, 2.24) is 0 Å². The highest BCUT2D eigenvalue weighted by atomic mass is 32.2. The van der Waals surface area contributed by atoms with Crippen molar-refractivity contribution in [2.45, 2.75) is 30.6 Å². The van der Waals surface area contributed by atoms with Gasteiger partial charge in [0.2, 0.25) is 6.71 Å². The molecule has 0 aromatic heterocycles. The minimum atomic E-state index is -0.0307. The average molecular weight is 915 g/mol. The molecular formula is C63H41B4N3S. The summed E-state index contributed by atoms with van der Waals surface area (Å²) in [7, 11) is 0. The second kappa shape index (κ2) is 13.7. The zero-order chi connectivity index (χ0) is 46.5. The Bertz CT molecular complexity index is 4060. The van der Waals surface area contributed by atoms with Crippen molar-refractivity contribution in [2.24, 2.45) is 0 Å². The van der Waals surface area contributed by atoms with E-state index in [0.717, 1.165) is 0 Å². The van der Waals surface area contributed by atoms with Crippen LogP contribution in [0.25, 0.3) is 11.1 Å². The molecule has 7 heterocycles. The number of fused-ring (bicyclic) bond motifs is 20. The fraction of sp³-hybridized carbons (Fsp3) is 0.0476. The molecule has 0 saturated carbocycles. The summed E-state index contributed by atoms with van der Waals surface area (Å²) in [6.07, 6.45) is 0. The second-order valence-corrected chi connectivity index (χ2v) is 21.9. The molecule has 3 nitrogen and oxygen atoms in total. The van der Waals surface area contributed by atoms with Gasteiger partial charge in [0.1, 0.15) is 0 Å². The van der Waals surface area contributed by atoms with Crippen molar-refractivity contribution >= 4 is 155 Å². The Hall–Kier alpha value is -7.79. The van der Waals surface area contributed by atoms with E-state index in [1.54, 1.807) is 0 Å². The van der Waals surface area contributed by atoms with Gasteiger partial charge in [0, 0.05) is 61.0 Å². The van der Waals surface area contributed by atoms with Gasteiger partial charge in [-0.05, 0) is 124 Å². The third-order valence-corrected chi connectivity index (χ3v) is 18.4. The van der Waals surface area contributed by atoms with E-state index >= 15 is 0 Å². The van der Waals surface area contributed by atoms with Crippen molar-refractivity contribution < 1.29 is 0 Å². The molecule has 0 radical (unpaired) electrons. The molecule has 0 fully saturated rings. The van der Waals surface area contributed by atoms with Crippen molar-refractivity contribution in [3.8, 4) is 11.1 Å². The van der Waals surface area contributed by atoms with Crippen LogP contribution in [0, 0.1) is 20.8 Å². The number of hydrogen-bond acceptors (Lipinski definition) is 4. The first kappa shape index (κ1) is 39.0. The lowest BCUT2D eigenvalue weighted by Gasteiger charge is -2.55. The Morgan fingerprint density at radius 1 is 0.296 bits per heavy atom. The SMILES string of the molecule is Cc1cc(C)c(B2c3ccccc3Sc3cc4c(cc32)B2c3ccc(-c5ccccc5)cc3N3c5ccccc5B5c6ccccc6N6c7ccccc7B7c8ccccc8N4c4c7c6c5c3c42)c(C)c1. The largest absolute Gasteiger partial charge is 0.312 e. The fourth-order valence-corrected chi connectivity index (χ4v) is 15.9. The van der Waals surface area contributed by atoms with Crippen LogP contribution < -0.4 is 80.3 Å². The summed E-state index contributed by atoms with van der Waals surface area (Å²) in [4.78, 5) is 10.8. The Morgan fingerprint density at radius 3 is 1.27 bits per heavy atom. The summed E-state index contributed by atoms with van der Waals surface area (Å²) in [6, 6.07) is 75.0. The third kappa shape index (κ3) is 4.82. The van der Waals surface area contributed by atoms with Crippen molar-refractivity contribution in [1.29, 1.82) is 0 Å². The van der Waals surface area contributed by atoms with Crippen LogP contribution in [0.2, 0.25) is 0 Å². The van der Waals surface area contributed by atoms with Crippen LogP contribution in [0.1, 0.15) is 16.7 Å². The van der Waals surface area contributed by atoms with E-state index in [2.05, 4.69) is 230 Å². The third-order valence-electron chi connectivity index (χ3n) is 17.2. The van der Waals surface area contributed by atoms with Crippen LogP contribution in [0.15, 0.2) is 204 Å². The lowest BCUT2D eigenvalue weighted by atomic mass is 9.24. The molecule has 0 amide bonds. The van der Waals surface area contributed by atoms with Gasteiger partial charge in [0.25, 0.3) is 20.1 Å². The first-order valence-electron chi connectivity index (χ1n) is 25.2. The zero-order valence-corrected chi connectivity index (χ0v) is 40.4. The summed E-state index contributed by atoms with van der Waals surface area (Å²) in [6.45, 7) is 7.06. The van der Waals surface area contributed by atoms with E-state index in [9.17, 15) is 0 Å². The number of rotatable bonds is 2.